The summed E-state index contributed by atoms with van der Waals surface area (Å²) >= 11 is 0. The molecule has 0 aromatic rings. The van der Waals surface area contributed by atoms with Gasteiger partial charge in [-0.15, -0.1) is 0 Å². The van der Waals surface area contributed by atoms with Gasteiger partial charge < -0.3 is 4.74 Å². The zero-order chi connectivity index (χ0) is 17.1. The van der Waals surface area contributed by atoms with E-state index >= 15 is 0 Å². The van der Waals surface area contributed by atoms with Crippen molar-refractivity contribution in [2.24, 2.45) is 41.4 Å². The van der Waals surface area contributed by atoms with Gasteiger partial charge in [0, 0.05) is 6.61 Å². The lowest BCUT2D eigenvalue weighted by Crippen LogP contribution is -2.26. The first-order chi connectivity index (χ1) is 11.5. The second-order valence-corrected chi connectivity index (χ2v) is 10.0. The van der Waals surface area contributed by atoms with E-state index in [1.807, 2.05) is 0 Å². The Bertz CT molecular complexity index is 370. The van der Waals surface area contributed by atoms with E-state index in [0.29, 0.717) is 6.10 Å². The molecule has 0 spiro atoms. The highest BCUT2D eigenvalue weighted by Crippen LogP contribution is 2.51. The van der Waals surface area contributed by atoms with Gasteiger partial charge >= 0.3 is 0 Å². The van der Waals surface area contributed by atoms with Crippen molar-refractivity contribution in [1.82, 2.24) is 0 Å². The summed E-state index contributed by atoms with van der Waals surface area (Å²) in [6.45, 7) is 10.9. The number of hydrogen-bond acceptors (Lipinski definition) is 1. The second-order valence-electron chi connectivity index (χ2n) is 10.0. The molecule has 3 aliphatic rings. The Labute approximate surface area is 151 Å². The van der Waals surface area contributed by atoms with Gasteiger partial charge in [0.1, 0.15) is 0 Å². The van der Waals surface area contributed by atoms with E-state index < -0.39 is 0 Å². The maximum Gasteiger partial charge on any atom is 0.0600 e. The molecule has 2 aliphatic carbocycles. The van der Waals surface area contributed by atoms with Crippen LogP contribution in [-0.4, -0.2) is 12.7 Å². The van der Waals surface area contributed by atoms with Crippen LogP contribution in [0.25, 0.3) is 0 Å². The molecule has 24 heavy (non-hydrogen) atoms. The van der Waals surface area contributed by atoms with Crippen LogP contribution in [0.4, 0.5) is 0 Å². The van der Waals surface area contributed by atoms with Gasteiger partial charge in [0.15, 0.2) is 0 Å². The molecule has 7 unspecified atom stereocenters. The fourth-order valence-corrected chi connectivity index (χ4v) is 5.94. The molecule has 1 heterocycles. The predicted octanol–water partition coefficient (Wildman–Crippen LogP) is 6.71. The van der Waals surface area contributed by atoms with Gasteiger partial charge in [0.2, 0.25) is 0 Å². The van der Waals surface area contributed by atoms with Crippen LogP contribution in [0.15, 0.2) is 0 Å². The molecule has 1 aliphatic heterocycles. The molecule has 3 fully saturated rings. The van der Waals surface area contributed by atoms with Crippen LogP contribution in [0.5, 0.6) is 0 Å². The van der Waals surface area contributed by atoms with E-state index in [0.717, 1.165) is 48.0 Å². The molecule has 3 rings (SSSR count). The highest BCUT2D eigenvalue weighted by Gasteiger charge is 2.43. The monoisotopic (exact) mass is 334 g/mol. The van der Waals surface area contributed by atoms with Crippen molar-refractivity contribution in [3.63, 3.8) is 0 Å². The standard InChI is InChI=1S/C23H42O/c1-16(2)20-9-7-8-19(14-20)12-17(3)22-15-21(22)13-18(4)23-10-5-6-11-24-23/h16-23H,5-15H2,1-4H3. The maximum atomic E-state index is 6.02. The van der Waals surface area contributed by atoms with Crippen LogP contribution in [0.1, 0.15) is 91.9 Å². The summed E-state index contributed by atoms with van der Waals surface area (Å²) < 4.78 is 6.02. The smallest absolute Gasteiger partial charge is 0.0600 e. The third kappa shape index (κ3) is 4.99. The van der Waals surface area contributed by atoms with Crippen molar-refractivity contribution in [3.05, 3.63) is 0 Å². The second kappa shape index (κ2) is 8.56. The lowest BCUT2D eigenvalue weighted by Gasteiger charge is -2.33. The molecule has 0 aromatic carbocycles. The minimum absolute atomic E-state index is 0.570. The number of rotatable bonds is 7. The minimum atomic E-state index is 0.570. The minimum Gasteiger partial charge on any atom is -0.378 e. The Morgan fingerprint density at radius 2 is 1.67 bits per heavy atom. The lowest BCUT2D eigenvalue weighted by atomic mass is 9.73. The molecule has 0 bridgehead atoms. The Balaban J connectivity index is 1.38. The lowest BCUT2D eigenvalue weighted by molar-refractivity contribution is -0.0200. The highest BCUT2D eigenvalue weighted by molar-refractivity contribution is 4.92. The molecule has 1 saturated heterocycles. The van der Waals surface area contributed by atoms with E-state index in [9.17, 15) is 0 Å². The quantitative estimate of drug-likeness (QED) is 0.503. The molecule has 7 atom stereocenters. The van der Waals surface area contributed by atoms with Crippen molar-refractivity contribution < 1.29 is 4.74 Å². The van der Waals surface area contributed by atoms with Crippen molar-refractivity contribution >= 4 is 0 Å². The zero-order valence-electron chi connectivity index (χ0n) is 16.8. The molecule has 0 radical (unpaired) electrons. The fraction of sp³-hybridized carbons (Fsp3) is 1.00. The van der Waals surface area contributed by atoms with E-state index in [1.165, 1.54) is 64.2 Å². The molecule has 0 amide bonds. The average molecular weight is 335 g/mol. The summed E-state index contributed by atoms with van der Waals surface area (Å²) in [5, 5.41) is 0. The van der Waals surface area contributed by atoms with Gasteiger partial charge in [-0.2, -0.15) is 0 Å². The highest BCUT2D eigenvalue weighted by atomic mass is 16.5. The van der Waals surface area contributed by atoms with Gasteiger partial charge in [-0.25, -0.2) is 0 Å². The van der Waals surface area contributed by atoms with Crippen LogP contribution >= 0.6 is 0 Å². The van der Waals surface area contributed by atoms with Crippen molar-refractivity contribution in [2.45, 2.75) is 98.0 Å². The van der Waals surface area contributed by atoms with Gasteiger partial charge in [0.05, 0.1) is 6.10 Å². The largest absolute Gasteiger partial charge is 0.378 e. The topological polar surface area (TPSA) is 9.23 Å². The molecular formula is C23H42O. The SMILES string of the molecule is CC(C)C1CCCC(CC(C)C2CC2CC(C)C2CCCCO2)C1. The molecule has 0 aromatic heterocycles. The van der Waals surface area contributed by atoms with Gasteiger partial charge in [-0.3, -0.25) is 0 Å². The van der Waals surface area contributed by atoms with Gasteiger partial charge in [-0.1, -0.05) is 47.0 Å². The van der Waals surface area contributed by atoms with Gasteiger partial charge in [0.25, 0.3) is 0 Å². The Kier molecular flexibility index (Phi) is 6.69. The normalized spacial score (nSPS) is 39.6. The van der Waals surface area contributed by atoms with Crippen molar-refractivity contribution in [3.8, 4) is 0 Å². The predicted molar refractivity (Wildman–Crippen MR) is 103 cm³/mol. The Morgan fingerprint density at radius 1 is 0.833 bits per heavy atom. The average Bonchev–Trinajstić information content (AvgIpc) is 3.35. The van der Waals surface area contributed by atoms with Crippen LogP contribution in [0.2, 0.25) is 0 Å². The molecule has 1 heteroatoms. The summed E-state index contributed by atoms with van der Waals surface area (Å²) in [7, 11) is 0. The first-order valence-corrected chi connectivity index (χ1v) is 11.2. The van der Waals surface area contributed by atoms with Crippen LogP contribution in [0, 0.1) is 41.4 Å². The summed E-state index contributed by atoms with van der Waals surface area (Å²) in [6, 6.07) is 0. The Morgan fingerprint density at radius 3 is 2.38 bits per heavy atom. The van der Waals surface area contributed by atoms with Crippen molar-refractivity contribution in [1.29, 1.82) is 0 Å². The summed E-state index contributed by atoms with van der Waals surface area (Å²) in [5.74, 6) is 6.74. The third-order valence-corrected chi connectivity index (χ3v) is 7.70. The number of hydrogen-bond donors (Lipinski definition) is 0. The summed E-state index contributed by atoms with van der Waals surface area (Å²) in [5.41, 5.74) is 0. The third-order valence-electron chi connectivity index (χ3n) is 7.70. The fourth-order valence-electron chi connectivity index (χ4n) is 5.94. The molecular weight excluding hydrogens is 292 g/mol. The molecule has 2 saturated carbocycles. The van der Waals surface area contributed by atoms with E-state index in [4.69, 9.17) is 4.74 Å². The van der Waals surface area contributed by atoms with E-state index in [2.05, 4.69) is 27.7 Å². The summed E-state index contributed by atoms with van der Waals surface area (Å²) in [4.78, 5) is 0. The first kappa shape index (κ1) is 18.7. The van der Waals surface area contributed by atoms with Crippen LogP contribution in [-0.2, 0) is 4.74 Å². The van der Waals surface area contributed by atoms with Crippen LogP contribution < -0.4 is 0 Å². The molecule has 0 N–H and O–H groups in total. The van der Waals surface area contributed by atoms with Gasteiger partial charge in [-0.05, 0) is 86.4 Å². The summed E-state index contributed by atoms with van der Waals surface area (Å²) in [6.07, 6.45) is 15.0. The Hall–Kier alpha value is -0.0400. The first-order valence-electron chi connectivity index (χ1n) is 11.2. The van der Waals surface area contributed by atoms with Crippen LogP contribution in [0.3, 0.4) is 0 Å². The molecule has 140 valence electrons. The van der Waals surface area contributed by atoms with Crippen molar-refractivity contribution in [2.75, 3.05) is 6.61 Å². The van der Waals surface area contributed by atoms with E-state index in [1.54, 1.807) is 0 Å². The van der Waals surface area contributed by atoms with E-state index in [-0.39, 0.29) is 0 Å². The number of ether oxygens (including phenoxy) is 1. The maximum absolute atomic E-state index is 6.02. The zero-order valence-corrected chi connectivity index (χ0v) is 16.8. The molecule has 1 nitrogen and oxygen atoms in total.